The van der Waals surface area contributed by atoms with Crippen molar-refractivity contribution in [2.45, 2.75) is 23.9 Å². The Morgan fingerprint density at radius 2 is 1.53 bits per heavy atom. The molecule has 7 nitrogen and oxygen atoms in total. The molecule has 36 heavy (non-hydrogen) atoms. The first-order valence-corrected chi connectivity index (χ1v) is 13.3. The summed E-state index contributed by atoms with van der Waals surface area (Å²) in [6.07, 6.45) is 0.250. The monoisotopic (exact) mass is 547 g/mol. The van der Waals surface area contributed by atoms with E-state index >= 15 is 0 Å². The highest BCUT2D eigenvalue weighted by Gasteiger charge is 2.32. The van der Waals surface area contributed by atoms with Gasteiger partial charge < -0.3 is 10.2 Å². The van der Waals surface area contributed by atoms with Crippen molar-refractivity contribution in [1.82, 2.24) is 14.5 Å². The summed E-state index contributed by atoms with van der Waals surface area (Å²) in [5.74, 6) is -0.892. The van der Waals surface area contributed by atoms with E-state index in [9.17, 15) is 18.0 Å². The predicted octanol–water partition coefficient (Wildman–Crippen LogP) is 4.00. The lowest BCUT2D eigenvalue weighted by Crippen LogP contribution is -2.52. The number of amides is 2. The zero-order chi connectivity index (χ0) is 26.3. The van der Waals surface area contributed by atoms with Crippen LogP contribution in [0.15, 0.2) is 83.8 Å². The van der Waals surface area contributed by atoms with Crippen molar-refractivity contribution in [3.63, 3.8) is 0 Å². The fraction of sp³-hybridized carbons (Fsp3) is 0.231. The molecule has 3 rings (SSSR count). The third-order valence-electron chi connectivity index (χ3n) is 5.64. The van der Waals surface area contributed by atoms with Crippen molar-refractivity contribution in [3.8, 4) is 0 Å². The van der Waals surface area contributed by atoms with E-state index in [0.717, 1.165) is 9.87 Å². The van der Waals surface area contributed by atoms with E-state index in [1.807, 2.05) is 30.3 Å². The Hall–Kier alpha value is -2.91. The summed E-state index contributed by atoms with van der Waals surface area (Å²) in [6.45, 7) is -0.396. The van der Waals surface area contributed by atoms with Crippen LogP contribution in [0.2, 0.25) is 10.0 Å². The number of carbonyl (C=O) groups excluding carboxylic acids is 2. The van der Waals surface area contributed by atoms with Crippen LogP contribution in [-0.2, 0) is 32.6 Å². The van der Waals surface area contributed by atoms with E-state index in [1.54, 1.807) is 24.3 Å². The molecule has 2 amide bonds. The van der Waals surface area contributed by atoms with Gasteiger partial charge in [-0.15, -0.1) is 0 Å². The summed E-state index contributed by atoms with van der Waals surface area (Å²) in [6, 6.07) is 21.1. The van der Waals surface area contributed by atoms with Crippen LogP contribution in [0.4, 0.5) is 0 Å². The fourth-order valence-electron chi connectivity index (χ4n) is 3.71. The number of nitrogens with one attached hydrogen (secondary N) is 1. The number of halogens is 2. The van der Waals surface area contributed by atoms with Gasteiger partial charge in [-0.25, -0.2) is 8.42 Å². The van der Waals surface area contributed by atoms with E-state index in [2.05, 4.69) is 5.32 Å². The lowest BCUT2D eigenvalue weighted by atomic mass is 10.0. The SMILES string of the molecule is CNC(=O)[C@@H](Cc1ccccc1)N(Cc1cccc(Cl)c1)C(=O)CN(C)S(=O)(=O)c1ccc(Cl)cc1. The average molecular weight is 548 g/mol. The van der Waals surface area contributed by atoms with E-state index in [4.69, 9.17) is 23.2 Å². The molecule has 0 saturated heterocycles. The highest BCUT2D eigenvalue weighted by molar-refractivity contribution is 7.89. The van der Waals surface area contributed by atoms with E-state index < -0.39 is 28.5 Å². The molecule has 0 aliphatic heterocycles. The third kappa shape index (κ3) is 7.07. The minimum absolute atomic E-state index is 0.00993. The molecule has 0 aliphatic rings. The minimum Gasteiger partial charge on any atom is -0.357 e. The van der Waals surface area contributed by atoms with Crippen LogP contribution >= 0.6 is 23.2 Å². The molecule has 1 N–H and O–H groups in total. The van der Waals surface area contributed by atoms with Gasteiger partial charge in [-0.3, -0.25) is 9.59 Å². The lowest BCUT2D eigenvalue weighted by Gasteiger charge is -2.32. The van der Waals surface area contributed by atoms with E-state index in [-0.39, 0.29) is 23.8 Å². The molecule has 10 heteroatoms. The van der Waals surface area contributed by atoms with Crippen LogP contribution < -0.4 is 5.32 Å². The van der Waals surface area contributed by atoms with Crippen molar-refractivity contribution in [2.24, 2.45) is 0 Å². The van der Waals surface area contributed by atoms with Gasteiger partial charge in [-0.1, -0.05) is 65.7 Å². The lowest BCUT2D eigenvalue weighted by molar-refractivity contribution is -0.141. The molecule has 0 unspecified atom stereocenters. The Morgan fingerprint density at radius 3 is 2.14 bits per heavy atom. The average Bonchev–Trinajstić information content (AvgIpc) is 2.86. The predicted molar refractivity (Wildman–Crippen MR) is 141 cm³/mol. The topological polar surface area (TPSA) is 86.8 Å². The van der Waals surface area contributed by atoms with Crippen molar-refractivity contribution in [2.75, 3.05) is 20.6 Å². The van der Waals surface area contributed by atoms with Gasteiger partial charge in [0.2, 0.25) is 21.8 Å². The number of hydrogen-bond acceptors (Lipinski definition) is 4. The second kappa shape index (κ2) is 12.4. The van der Waals surface area contributed by atoms with Crippen molar-refractivity contribution in [1.29, 1.82) is 0 Å². The molecule has 0 spiro atoms. The molecule has 0 fully saturated rings. The van der Waals surface area contributed by atoms with Gasteiger partial charge in [0.1, 0.15) is 6.04 Å². The number of nitrogens with zero attached hydrogens (tertiary/aromatic N) is 2. The van der Waals surface area contributed by atoms with E-state index in [1.165, 1.54) is 43.3 Å². The van der Waals surface area contributed by atoms with Crippen LogP contribution in [0.3, 0.4) is 0 Å². The zero-order valence-corrected chi connectivity index (χ0v) is 22.2. The number of carbonyl (C=O) groups is 2. The maximum absolute atomic E-state index is 13.6. The first-order chi connectivity index (χ1) is 17.1. The normalized spacial score (nSPS) is 12.2. The summed E-state index contributed by atoms with van der Waals surface area (Å²) in [5, 5.41) is 3.52. The summed E-state index contributed by atoms with van der Waals surface area (Å²) in [5.41, 5.74) is 1.57. The summed E-state index contributed by atoms with van der Waals surface area (Å²) < 4.78 is 27.1. The van der Waals surface area contributed by atoms with Crippen LogP contribution in [0.25, 0.3) is 0 Å². The van der Waals surface area contributed by atoms with Crippen LogP contribution in [0, 0.1) is 0 Å². The Labute approximate surface area is 221 Å². The van der Waals surface area contributed by atoms with Gasteiger partial charge >= 0.3 is 0 Å². The number of hydrogen-bond donors (Lipinski definition) is 1. The Balaban J connectivity index is 1.94. The van der Waals surface area contributed by atoms with Crippen LogP contribution in [0.5, 0.6) is 0 Å². The van der Waals surface area contributed by atoms with Gasteiger partial charge in [-0.05, 0) is 47.5 Å². The number of sulfonamides is 1. The minimum atomic E-state index is -3.97. The summed E-state index contributed by atoms with van der Waals surface area (Å²) in [7, 11) is -1.14. The van der Waals surface area contributed by atoms with Crippen LogP contribution in [0.1, 0.15) is 11.1 Å². The quantitative estimate of drug-likeness (QED) is 0.415. The second-order valence-corrected chi connectivity index (χ2v) is 11.1. The highest BCUT2D eigenvalue weighted by atomic mass is 35.5. The zero-order valence-electron chi connectivity index (χ0n) is 19.9. The highest BCUT2D eigenvalue weighted by Crippen LogP contribution is 2.20. The van der Waals surface area contributed by atoms with Crippen molar-refractivity contribution < 1.29 is 18.0 Å². The van der Waals surface area contributed by atoms with Gasteiger partial charge in [0.15, 0.2) is 0 Å². The Bertz CT molecular complexity index is 1300. The first kappa shape index (κ1) is 27.7. The molecule has 3 aromatic carbocycles. The van der Waals surface area contributed by atoms with Gasteiger partial charge in [0.25, 0.3) is 0 Å². The Morgan fingerprint density at radius 1 is 0.889 bits per heavy atom. The summed E-state index contributed by atoms with van der Waals surface area (Å²) in [4.78, 5) is 28.0. The first-order valence-electron chi connectivity index (χ1n) is 11.1. The summed E-state index contributed by atoms with van der Waals surface area (Å²) >= 11 is 12.0. The number of likely N-dealkylation sites (N-methyl/N-ethyl adjacent to an activating group) is 2. The largest absolute Gasteiger partial charge is 0.357 e. The molecular formula is C26H27Cl2N3O4S. The van der Waals surface area contributed by atoms with Gasteiger partial charge in [-0.2, -0.15) is 4.31 Å². The van der Waals surface area contributed by atoms with Crippen LogP contribution in [-0.4, -0.2) is 56.1 Å². The number of benzene rings is 3. The molecule has 190 valence electrons. The second-order valence-electron chi connectivity index (χ2n) is 8.19. The number of rotatable bonds is 10. The van der Waals surface area contributed by atoms with Crippen molar-refractivity contribution in [3.05, 3.63) is 100 Å². The fourth-order valence-corrected chi connectivity index (χ4v) is 5.16. The molecule has 3 aromatic rings. The van der Waals surface area contributed by atoms with E-state index in [0.29, 0.717) is 15.6 Å². The third-order valence-corrected chi connectivity index (χ3v) is 7.94. The molecule has 1 atom stereocenters. The molecule has 0 heterocycles. The van der Waals surface area contributed by atoms with Crippen molar-refractivity contribution >= 4 is 45.0 Å². The molecular weight excluding hydrogens is 521 g/mol. The van der Waals surface area contributed by atoms with Gasteiger partial charge in [0.05, 0.1) is 11.4 Å². The Kier molecular flexibility index (Phi) is 9.50. The molecule has 0 saturated carbocycles. The molecule has 0 radical (unpaired) electrons. The molecule has 0 aromatic heterocycles. The molecule has 0 bridgehead atoms. The maximum Gasteiger partial charge on any atom is 0.243 e. The van der Waals surface area contributed by atoms with Gasteiger partial charge in [0, 0.05) is 37.1 Å². The smallest absolute Gasteiger partial charge is 0.243 e. The maximum atomic E-state index is 13.6. The molecule has 0 aliphatic carbocycles. The standard InChI is InChI=1S/C26H27Cl2N3O4S/c1-29-26(33)24(16-19-7-4-3-5-8-19)31(17-20-9-6-10-22(28)15-20)25(32)18-30(2)36(34,35)23-13-11-21(27)12-14-23/h3-15,24H,16-18H2,1-2H3,(H,29,33)/t24-/m1/s1.